The van der Waals surface area contributed by atoms with E-state index in [-0.39, 0.29) is 11.7 Å². The van der Waals surface area contributed by atoms with Gasteiger partial charge in [0.05, 0.1) is 19.0 Å². The molecule has 2 aromatic heterocycles. The van der Waals surface area contributed by atoms with E-state index < -0.39 is 0 Å². The molecule has 0 atom stereocenters. The van der Waals surface area contributed by atoms with Crippen molar-refractivity contribution in [1.82, 2.24) is 20.2 Å². The Balaban J connectivity index is 1.88. The molecule has 120 valence electrons. The summed E-state index contributed by atoms with van der Waals surface area (Å²) in [5, 5.41) is 9.64. The minimum Gasteiger partial charge on any atom is -0.494 e. The number of carbonyl (C=O) groups is 1. The molecule has 0 saturated heterocycles. The molecule has 0 aliphatic heterocycles. The summed E-state index contributed by atoms with van der Waals surface area (Å²) >= 11 is 1.20. The van der Waals surface area contributed by atoms with Gasteiger partial charge < -0.3 is 14.5 Å². The van der Waals surface area contributed by atoms with Gasteiger partial charge in [0.15, 0.2) is 5.65 Å². The fourth-order valence-corrected chi connectivity index (χ4v) is 2.76. The molecule has 1 N–H and O–H groups in total. The van der Waals surface area contributed by atoms with Gasteiger partial charge in [-0.1, -0.05) is 11.8 Å². The average molecular weight is 332 g/mol. The zero-order valence-corrected chi connectivity index (χ0v) is 13.6. The van der Waals surface area contributed by atoms with Crippen molar-refractivity contribution in [3.63, 3.8) is 0 Å². The fraction of sp³-hybridized carbons (Fsp3) is 0.333. The van der Waals surface area contributed by atoms with E-state index in [1.54, 1.807) is 6.92 Å². The quantitative estimate of drug-likeness (QED) is 0.548. The summed E-state index contributed by atoms with van der Waals surface area (Å²) in [6.07, 6.45) is 0. The first-order valence-corrected chi connectivity index (χ1v) is 8.27. The maximum Gasteiger partial charge on any atom is 0.316 e. The number of ether oxygens (including phenoxy) is 2. The van der Waals surface area contributed by atoms with Crippen LogP contribution in [0.4, 0.5) is 0 Å². The van der Waals surface area contributed by atoms with E-state index in [2.05, 4.69) is 20.2 Å². The van der Waals surface area contributed by atoms with E-state index in [0.717, 1.165) is 16.7 Å². The van der Waals surface area contributed by atoms with E-state index in [4.69, 9.17) is 9.47 Å². The van der Waals surface area contributed by atoms with Crippen molar-refractivity contribution in [2.45, 2.75) is 19.0 Å². The molecule has 0 unspecified atom stereocenters. The van der Waals surface area contributed by atoms with Gasteiger partial charge in [0.1, 0.15) is 11.3 Å². The summed E-state index contributed by atoms with van der Waals surface area (Å²) in [6.45, 7) is 4.68. The highest BCUT2D eigenvalue weighted by atomic mass is 32.2. The number of esters is 1. The molecular weight excluding hydrogens is 316 g/mol. The van der Waals surface area contributed by atoms with Crippen molar-refractivity contribution < 1.29 is 14.3 Å². The van der Waals surface area contributed by atoms with Crippen LogP contribution in [0.3, 0.4) is 0 Å². The summed E-state index contributed by atoms with van der Waals surface area (Å²) in [6, 6.07) is 5.74. The lowest BCUT2D eigenvalue weighted by Gasteiger charge is -2.01. The van der Waals surface area contributed by atoms with E-state index >= 15 is 0 Å². The molecule has 3 aromatic rings. The van der Waals surface area contributed by atoms with Crippen molar-refractivity contribution in [2.24, 2.45) is 0 Å². The Kier molecular flexibility index (Phi) is 4.61. The summed E-state index contributed by atoms with van der Waals surface area (Å²) in [5.41, 5.74) is 2.23. The van der Waals surface area contributed by atoms with Crippen molar-refractivity contribution in [1.29, 1.82) is 0 Å². The predicted molar refractivity (Wildman–Crippen MR) is 87.7 cm³/mol. The van der Waals surface area contributed by atoms with Crippen LogP contribution >= 0.6 is 11.8 Å². The van der Waals surface area contributed by atoms with Crippen LogP contribution in [-0.4, -0.2) is 45.1 Å². The molecule has 0 radical (unpaired) electrons. The monoisotopic (exact) mass is 332 g/mol. The Morgan fingerprint density at radius 1 is 1.26 bits per heavy atom. The Morgan fingerprint density at radius 3 is 2.91 bits per heavy atom. The highest BCUT2D eigenvalue weighted by molar-refractivity contribution is 7.99. The van der Waals surface area contributed by atoms with Crippen molar-refractivity contribution >= 4 is 39.8 Å². The van der Waals surface area contributed by atoms with Crippen LogP contribution in [0.1, 0.15) is 13.8 Å². The molecule has 0 bridgehead atoms. The zero-order chi connectivity index (χ0) is 16.2. The van der Waals surface area contributed by atoms with Crippen LogP contribution in [0.2, 0.25) is 0 Å². The van der Waals surface area contributed by atoms with Crippen LogP contribution in [0.25, 0.3) is 22.1 Å². The normalized spacial score (nSPS) is 11.0. The number of thioether (sulfide) groups is 1. The second kappa shape index (κ2) is 6.82. The maximum atomic E-state index is 11.4. The number of rotatable bonds is 6. The number of hydrogen-bond acceptors (Lipinski definition) is 7. The molecule has 0 fully saturated rings. The molecule has 0 amide bonds. The van der Waals surface area contributed by atoms with E-state index in [0.29, 0.717) is 29.5 Å². The first kappa shape index (κ1) is 15.5. The van der Waals surface area contributed by atoms with Crippen molar-refractivity contribution in [3.05, 3.63) is 18.2 Å². The molecule has 3 rings (SSSR count). The second-order valence-electron chi connectivity index (χ2n) is 4.65. The largest absolute Gasteiger partial charge is 0.494 e. The summed E-state index contributed by atoms with van der Waals surface area (Å²) in [7, 11) is 0. The van der Waals surface area contributed by atoms with Crippen LogP contribution in [-0.2, 0) is 9.53 Å². The van der Waals surface area contributed by atoms with Gasteiger partial charge in [-0.15, -0.1) is 10.2 Å². The van der Waals surface area contributed by atoms with Crippen molar-refractivity contribution in [3.8, 4) is 5.75 Å². The summed E-state index contributed by atoms with van der Waals surface area (Å²) < 4.78 is 10.4. The smallest absolute Gasteiger partial charge is 0.316 e. The minimum absolute atomic E-state index is 0.162. The van der Waals surface area contributed by atoms with Gasteiger partial charge in [-0.05, 0) is 32.0 Å². The van der Waals surface area contributed by atoms with Crippen LogP contribution in [0.15, 0.2) is 23.4 Å². The first-order valence-electron chi connectivity index (χ1n) is 7.28. The highest BCUT2D eigenvalue weighted by Gasteiger charge is 2.12. The number of benzene rings is 1. The highest BCUT2D eigenvalue weighted by Crippen LogP contribution is 2.27. The van der Waals surface area contributed by atoms with E-state index in [9.17, 15) is 4.79 Å². The number of hydrogen-bond donors (Lipinski definition) is 1. The molecule has 2 heterocycles. The van der Waals surface area contributed by atoms with Gasteiger partial charge >= 0.3 is 5.97 Å². The number of nitrogens with zero attached hydrogens (tertiary/aromatic N) is 3. The van der Waals surface area contributed by atoms with E-state index in [1.165, 1.54) is 11.8 Å². The predicted octanol–water partition coefficient (Wildman–Crippen LogP) is 2.56. The third-order valence-corrected chi connectivity index (χ3v) is 3.91. The van der Waals surface area contributed by atoms with Gasteiger partial charge in [-0.25, -0.2) is 4.98 Å². The number of aromatic nitrogens is 4. The van der Waals surface area contributed by atoms with Gasteiger partial charge in [-0.3, -0.25) is 4.79 Å². The Labute approximate surface area is 136 Å². The molecule has 0 aliphatic rings. The second-order valence-corrected chi connectivity index (χ2v) is 5.59. The van der Waals surface area contributed by atoms with Gasteiger partial charge in [0.25, 0.3) is 0 Å². The number of fused-ring (bicyclic) bond motifs is 3. The lowest BCUT2D eigenvalue weighted by Crippen LogP contribution is -2.07. The maximum absolute atomic E-state index is 11.4. The third-order valence-electron chi connectivity index (χ3n) is 3.10. The third kappa shape index (κ3) is 3.37. The number of aromatic amines is 1. The van der Waals surface area contributed by atoms with Crippen LogP contribution in [0, 0.1) is 0 Å². The van der Waals surface area contributed by atoms with E-state index in [1.807, 2.05) is 25.1 Å². The summed E-state index contributed by atoms with van der Waals surface area (Å²) in [5.74, 6) is 0.651. The topological polar surface area (TPSA) is 90.0 Å². The Morgan fingerprint density at radius 2 is 2.13 bits per heavy atom. The molecule has 23 heavy (non-hydrogen) atoms. The van der Waals surface area contributed by atoms with Crippen molar-refractivity contribution in [2.75, 3.05) is 19.0 Å². The number of carbonyl (C=O) groups excluding carboxylic acids is 1. The fourth-order valence-electron chi connectivity index (χ4n) is 2.18. The molecule has 0 aliphatic carbocycles. The Bertz CT molecular complexity index is 849. The standard InChI is InChI=1S/C15H16N4O3S/c1-3-21-9-5-6-11-10(7-9)13-14(16-11)17-15(19-18-13)23-8-12(20)22-4-2/h5-7H,3-4,8H2,1-2H3,(H,16,17,19). The first-order chi connectivity index (χ1) is 11.2. The molecule has 0 spiro atoms. The zero-order valence-electron chi connectivity index (χ0n) is 12.8. The number of H-pyrrole nitrogens is 1. The lowest BCUT2D eigenvalue weighted by molar-refractivity contribution is -0.139. The number of nitrogens with one attached hydrogen (secondary N) is 1. The average Bonchev–Trinajstić information content (AvgIpc) is 2.91. The van der Waals surface area contributed by atoms with Crippen LogP contribution in [0.5, 0.6) is 5.75 Å². The molecule has 7 nitrogen and oxygen atoms in total. The molecule has 0 saturated carbocycles. The molecule has 8 heteroatoms. The van der Waals surface area contributed by atoms with Crippen LogP contribution < -0.4 is 4.74 Å². The minimum atomic E-state index is -0.292. The summed E-state index contributed by atoms with van der Waals surface area (Å²) in [4.78, 5) is 19.0. The Hall–Kier alpha value is -2.35. The van der Waals surface area contributed by atoms with Gasteiger partial charge in [0.2, 0.25) is 5.16 Å². The molecular formula is C15H16N4O3S. The lowest BCUT2D eigenvalue weighted by atomic mass is 10.2. The molecule has 1 aromatic carbocycles. The van der Waals surface area contributed by atoms with Gasteiger partial charge in [0, 0.05) is 10.9 Å². The SMILES string of the molecule is CCOC(=O)CSc1nnc2c(n1)[nH]c1ccc(OCC)cc12. The van der Waals surface area contributed by atoms with Gasteiger partial charge in [-0.2, -0.15) is 0 Å².